The monoisotopic (exact) mass is 880 g/mol. The van der Waals surface area contributed by atoms with Gasteiger partial charge >= 0.3 is 0 Å². The molecule has 10 rings (SSSR count). The number of aliphatic hydroxyl groups excluding tert-OH is 2. The first-order valence-electron chi connectivity index (χ1n) is 22.0. The van der Waals surface area contributed by atoms with Gasteiger partial charge in [0.15, 0.2) is 0 Å². The van der Waals surface area contributed by atoms with Crippen LogP contribution in [0.25, 0.3) is 12.2 Å². The van der Waals surface area contributed by atoms with Crippen LogP contribution in [0.2, 0.25) is 0 Å². The molecule has 8 atom stereocenters. The standard InChI is InChI=1S/2C23H28N4O3S/c2*1-2-3-15-6-7-18-20-16(11-26(18)23(15)30)17(13-28)21(22(29)25-10-14-4-5-14)27(20)12-19-24-8-9-31-19/h2*2-3,6-9,14,16-17,20-21,28H,4-5,10-13H2,1H3,(H,25,29)/b3-2+;3-2-/t2*16-,17-,20+,21-/m00/s1. The van der Waals surface area contributed by atoms with E-state index in [4.69, 9.17) is 0 Å². The highest BCUT2D eigenvalue weighted by atomic mass is 32.1. The molecule has 4 aliphatic heterocycles. The second-order valence-corrected chi connectivity index (χ2v) is 19.6. The number of fused-ring (bicyclic) bond motifs is 6. The zero-order valence-corrected chi connectivity index (χ0v) is 36.8. The molecule has 0 unspecified atom stereocenters. The fraction of sp³-hybridized carbons (Fsp3) is 0.522. The summed E-state index contributed by atoms with van der Waals surface area (Å²) in [5.74, 6) is 0.712. The van der Waals surface area contributed by atoms with Crippen molar-refractivity contribution in [3.05, 3.63) is 113 Å². The number of pyridine rings is 2. The van der Waals surface area contributed by atoms with Crippen molar-refractivity contribution in [2.24, 2.45) is 35.5 Å². The lowest BCUT2D eigenvalue weighted by Gasteiger charge is -2.30. The fourth-order valence-corrected chi connectivity index (χ4v) is 11.8. The van der Waals surface area contributed by atoms with Gasteiger partial charge in [0, 0.05) is 109 Å². The summed E-state index contributed by atoms with van der Waals surface area (Å²) < 4.78 is 3.67. The summed E-state index contributed by atoms with van der Waals surface area (Å²) in [6, 6.07) is 6.71. The van der Waals surface area contributed by atoms with Gasteiger partial charge in [0.2, 0.25) is 11.8 Å². The number of aromatic nitrogens is 4. The van der Waals surface area contributed by atoms with Crippen LogP contribution in [0.15, 0.2) is 69.2 Å². The van der Waals surface area contributed by atoms with Crippen molar-refractivity contribution in [1.29, 1.82) is 0 Å². The van der Waals surface area contributed by atoms with Gasteiger partial charge in [0.25, 0.3) is 11.1 Å². The van der Waals surface area contributed by atoms with E-state index < -0.39 is 12.1 Å². The normalized spacial score (nSPS) is 27.5. The van der Waals surface area contributed by atoms with Crippen molar-refractivity contribution in [3.8, 4) is 0 Å². The zero-order valence-electron chi connectivity index (χ0n) is 35.2. The van der Waals surface area contributed by atoms with Gasteiger partial charge in [-0.3, -0.25) is 29.0 Å². The average Bonchev–Trinajstić information content (AvgIpc) is 3.86. The lowest BCUT2D eigenvalue weighted by molar-refractivity contribution is -0.128. The number of thiazole rings is 2. The Labute approximate surface area is 369 Å². The smallest absolute Gasteiger partial charge is 0.258 e. The van der Waals surface area contributed by atoms with Gasteiger partial charge in [-0.25, -0.2) is 9.97 Å². The number of nitrogens with zero attached hydrogens (tertiary/aromatic N) is 6. The summed E-state index contributed by atoms with van der Waals surface area (Å²) in [7, 11) is 0. The van der Waals surface area contributed by atoms with Crippen LogP contribution in [-0.2, 0) is 35.8 Å². The molecule has 16 heteroatoms. The Kier molecular flexibility index (Phi) is 12.6. The predicted octanol–water partition coefficient (Wildman–Crippen LogP) is 4.06. The van der Waals surface area contributed by atoms with Gasteiger partial charge in [-0.1, -0.05) is 24.3 Å². The number of carbonyl (C=O) groups excluding carboxylic acids is 2. The molecule has 8 heterocycles. The minimum Gasteiger partial charge on any atom is -0.396 e. The lowest BCUT2D eigenvalue weighted by Crippen LogP contribution is -2.48. The molecule has 2 saturated heterocycles. The Morgan fingerprint density at radius 2 is 1.11 bits per heavy atom. The molecule has 6 aliphatic rings. The highest BCUT2D eigenvalue weighted by Gasteiger charge is 2.57. The van der Waals surface area contributed by atoms with E-state index >= 15 is 0 Å². The number of rotatable bonds is 14. The van der Waals surface area contributed by atoms with Gasteiger partial charge in [-0.2, -0.15) is 0 Å². The first kappa shape index (κ1) is 42.7. The number of hydrogen-bond acceptors (Lipinski definition) is 12. The first-order chi connectivity index (χ1) is 30.2. The quantitative estimate of drug-likeness (QED) is 0.145. The van der Waals surface area contributed by atoms with E-state index in [1.54, 1.807) is 35.1 Å². The molecule has 0 radical (unpaired) electrons. The first-order valence-corrected chi connectivity index (χ1v) is 23.8. The number of likely N-dealkylation sites (tertiary alicyclic amines) is 2. The maximum Gasteiger partial charge on any atom is 0.258 e. The molecule has 2 amide bonds. The van der Waals surface area contributed by atoms with E-state index in [2.05, 4.69) is 30.4 Å². The largest absolute Gasteiger partial charge is 0.396 e. The van der Waals surface area contributed by atoms with Crippen LogP contribution in [0.4, 0.5) is 0 Å². The molecule has 0 aromatic carbocycles. The molecule has 2 aliphatic carbocycles. The third-order valence-corrected chi connectivity index (χ3v) is 15.3. The van der Waals surface area contributed by atoms with E-state index in [9.17, 15) is 29.4 Å². The highest BCUT2D eigenvalue weighted by Crippen LogP contribution is 2.51. The fourth-order valence-electron chi connectivity index (χ4n) is 10.5. The molecular weight excluding hydrogens is 825 g/mol. The summed E-state index contributed by atoms with van der Waals surface area (Å²) in [6.07, 6.45) is 15.6. The van der Waals surface area contributed by atoms with Crippen LogP contribution in [0.3, 0.4) is 0 Å². The van der Waals surface area contributed by atoms with Crippen molar-refractivity contribution in [3.63, 3.8) is 0 Å². The number of amides is 2. The van der Waals surface area contributed by atoms with Crippen LogP contribution in [0, 0.1) is 35.5 Å². The number of nitrogens with one attached hydrogen (secondary N) is 2. The van der Waals surface area contributed by atoms with Gasteiger partial charge in [0.1, 0.15) is 10.0 Å². The molecule has 62 heavy (non-hydrogen) atoms. The summed E-state index contributed by atoms with van der Waals surface area (Å²) in [5.41, 5.74) is 3.16. The van der Waals surface area contributed by atoms with Crippen molar-refractivity contribution in [1.82, 2.24) is 39.5 Å². The van der Waals surface area contributed by atoms with Crippen molar-refractivity contribution < 1.29 is 19.8 Å². The molecule has 14 nitrogen and oxygen atoms in total. The Balaban J connectivity index is 0.000000158. The summed E-state index contributed by atoms with van der Waals surface area (Å²) >= 11 is 3.13. The number of hydrogen-bond donors (Lipinski definition) is 4. The predicted molar refractivity (Wildman–Crippen MR) is 239 cm³/mol. The summed E-state index contributed by atoms with van der Waals surface area (Å²) in [6.45, 7) is 7.15. The average molecular weight is 881 g/mol. The van der Waals surface area contributed by atoms with E-state index in [-0.39, 0.29) is 71.9 Å². The Morgan fingerprint density at radius 1 is 0.694 bits per heavy atom. The Bertz CT molecular complexity index is 2250. The maximum atomic E-state index is 13.3. The number of allylic oxidation sites excluding steroid dienone is 2. The summed E-state index contributed by atoms with van der Waals surface area (Å²) in [4.78, 5) is 65.8. The Hall–Kier alpha value is -4.58. The van der Waals surface area contributed by atoms with E-state index in [1.807, 2.05) is 82.3 Å². The Morgan fingerprint density at radius 3 is 1.45 bits per heavy atom. The van der Waals surface area contributed by atoms with Gasteiger partial charge in [-0.05, 0) is 75.6 Å². The maximum absolute atomic E-state index is 13.3. The second kappa shape index (κ2) is 18.3. The van der Waals surface area contributed by atoms with E-state index in [1.165, 1.54) is 25.7 Å². The zero-order chi connectivity index (χ0) is 43.1. The van der Waals surface area contributed by atoms with E-state index in [0.29, 0.717) is 62.2 Å². The molecule has 4 N–H and O–H groups in total. The van der Waals surface area contributed by atoms with Crippen LogP contribution in [0.5, 0.6) is 0 Å². The van der Waals surface area contributed by atoms with Crippen LogP contribution >= 0.6 is 22.7 Å². The van der Waals surface area contributed by atoms with E-state index in [0.717, 1.165) is 21.4 Å². The molecule has 2 saturated carbocycles. The number of aliphatic hydroxyl groups is 2. The van der Waals surface area contributed by atoms with Crippen molar-refractivity contribution in [2.75, 3.05) is 26.3 Å². The molecule has 4 aromatic heterocycles. The minimum atomic E-state index is -0.429. The van der Waals surface area contributed by atoms with Crippen LogP contribution in [-0.4, -0.2) is 89.3 Å². The van der Waals surface area contributed by atoms with Gasteiger partial charge in [0.05, 0.1) is 37.3 Å². The van der Waals surface area contributed by atoms with Crippen LogP contribution in [0.1, 0.15) is 84.1 Å². The molecule has 4 fully saturated rings. The van der Waals surface area contributed by atoms with Gasteiger partial charge in [-0.15, -0.1) is 22.7 Å². The minimum absolute atomic E-state index is 0.00868. The molecule has 328 valence electrons. The third-order valence-electron chi connectivity index (χ3n) is 13.8. The SMILES string of the molecule is C/C=C/c1ccc2n(c1=O)C[C@H]1[C@H](CO)[C@@H](C(=O)NCC3CC3)N(Cc3nccs3)[C@@H]21.C/C=C\c1ccc2n(c1=O)C[C@H]1[C@H](CO)[C@@H](C(=O)NCC3CC3)N(Cc3nccs3)[C@@H]21. The van der Waals surface area contributed by atoms with Gasteiger partial charge < -0.3 is 30.0 Å². The number of carbonyl (C=O) groups is 2. The third kappa shape index (κ3) is 8.21. The topological polar surface area (TPSA) is 175 Å². The molecule has 4 aromatic rings. The highest BCUT2D eigenvalue weighted by molar-refractivity contribution is 7.09. The summed E-state index contributed by atoms with van der Waals surface area (Å²) in [5, 5.41) is 32.7. The molecular formula is C46H56N8O6S2. The lowest BCUT2D eigenvalue weighted by atomic mass is 9.88. The molecule has 0 bridgehead atoms. The van der Waals surface area contributed by atoms with Crippen molar-refractivity contribution >= 4 is 46.6 Å². The molecule has 0 spiro atoms. The second-order valence-electron chi connectivity index (χ2n) is 17.6. The van der Waals surface area contributed by atoms with Crippen LogP contribution < -0.4 is 21.8 Å². The van der Waals surface area contributed by atoms with Crippen molar-refractivity contribution in [2.45, 2.75) is 89.9 Å².